The van der Waals surface area contributed by atoms with Gasteiger partial charge in [0.15, 0.2) is 0 Å². The molecule has 0 aliphatic carbocycles. The first-order valence-electron chi connectivity index (χ1n) is 6.93. The number of aromatic nitrogens is 1. The van der Waals surface area contributed by atoms with E-state index in [1.807, 2.05) is 18.3 Å². The number of hydrogen-bond donors (Lipinski definition) is 1. The maximum atomic E-state index is 5.98. The van der Waals surface area contributed by atoms with Crippen LogP contribution in [0.2, 0.25) is 0 Å². The van der Waals surface area contributed by atoms with Crippen molar-refractivity contribution in [2.75, 3.05) is 13.2 Å². The van der Waals surface area contributed by atoms with Crippen LogP contribution in [0.25, 0.3) is 0 Å². The van der Waals surface area contributed by atoms with Crippen molar-refractivity contribution in [1.29, 1.82) is 0 Å². The third-order valence-corrected chi connectivity index (χ3v) is 3.50. The molecule has 0 aliphatic heterocycles. The normalized spacial score (nSPS) is 16.2. The number of likely N-dealkylation sites (N-methyl/N-ethyl adjacent to an activating group) is 1. The Balaban J connectivity index is 2.80. The highest BCUT2D eigenvalue weighted by molar-refractivity contribution is 5.07. The molecule has 0 bridgehead atoms. The SMILES string of the molecule is CCNC(Cc1ccccn1)C(C)(CC)OCC. The van der Waals surface area contributed by atoms with E-state index in [2.05, 4.69) is 44.1 Å². The summed E-state index contributed by atoms with van der Waals surface area (Å²) in [6, 6.07) is 6.36. The molecule has 3 nitrogen and oxygen atoms in total. The molecule has 1 aromatic rings. The van der Waals surface area contributed by atoms with Crippen molar-refractivity contribution in [3.05, 3.63) is 30.1 Å². The van der Waals surface area contributed by atoms with Crippen LogP contribution in [0.1, 0.15) is 39.8 Å². The highest BCUT2D eigenvalue weighted by Crippen LogP contribution is 2.22. The monoisotopic (exact) mass is 250 g/mol. The molecule has 0 saturated carbocycles. The van der Waals surface area contributed by atoms with Gasteiger partial charge in [0, 0.05) is 31.0 Å². The van der Waals surface area contributed by atoms with Crippen LogP contribution < -0.4 is 5.32 Å². The van der Waals surface area contributed by atoms with Crippen LogP contribution in [0, 0.1) is 0 Å². The third-order valence-electron chi connectivity index (χ3n) is 3.50. The van der Waals surface area contributed by atoms with Crippen LogP contribution in [0.4, 0.5) is 0 Å². The zero-order chi connectivity index (χ0) is 13.4. The molecule has 3 heteroatoms. The fourth-order valence-electron chi connectivity index (χ4n) is 2.26. The summed E-state index contributed by atoms with van der Waals surface area (Å²) in [5, 5.41) is 3.54. The van der Waals surface area contributed by atoms with Crippen molar-refractivity contribution in [3.8, 4) is 0 Å². The van der Waals surface area contributed by atoms with Gasteiger partial charge in [-0.05, 0) is 38.9 Å². The molecular weight excluding hydrogens is 224 g/mol. The lowest BCUT2D eigenvalue weighted by atomic mass is 9.89. The largest absolute Gasteiger partial charge is 0.374 e. The molecule has 0 aromatic carbocycles. The van der Waals surface area contributed by atoms with Gasteiger partial charge in [0.1, 0.15) is 0 Å². The maximum Gasteiger partial charge on any atom is 0.0807 e. The Morgan fingerprint density at radius 3 is 2.61 bits per heavy atom. The quantitative estimate of drug-likeness (QED) is 0.770. The topological polar surface area (TPSA) is 34.2 Å². The molecule has 0 aliphatic rings. The molecule has 1 aromatic heterocycles. The average Bonchev–Trinajstić information content (AvgIpc) is 2.39. The second kappa shape index (κ2) is 7.49. The van der Waals surface area contributed by atoms with Gasteiger partial charge in [-0.2, -0.15) is 0 Å². The molecule has 1 heterocycles. The van der Waals surface area contributed by atoms with Gasteiger partial charge in [0.2, 0.25) is 0 Å². The Kier molecular flexibility index (Phi) is 6.30. The molecule has 1 N–H and O–H groups in total. The van der Waals surface area contributed by atoms with E-state index in [1.54, 1.807) is 0 Å². The van der Waals surface area contributed by atoms with E-state index in [1.165, 1.54) is 0 Å². The van der Waals surface area contributed by atoms with E-state index in [0.717, 1.165) is 31.7 Å². The van der Waals surface area contributed by atoms with Crippen molar-refractivity contribution >= 4 is 0 Å². The molecule has 102 valence electrons. The van der Waals surface area contributed by atoms with Gasteiger partial charge in [-0.1, -0.05) is 19.9 Å². The molecule has 2 atom stereocenters. The molecule has 2 unspecified atom stereocenters. The average molecular weight is 250 g/mol. The predicted octanol–water partition coefficient (Wildman–Crippen LogP) is 2.81. The summed E-state index contributed by atoms with van der Waals surface area (Å²) in [5.74, 6) is 0. The van der Waals surface area contributed by atoms with Gasteiger partial charge >= 0.3 is 0 Å². The maximum absolute atomic E-state index is 5.98. The molecule has 1 rings (SSSR count). The van der Waals surface area contributed by atoms with Crippen molar-refractivity contribution < 1.29 is 4.74 Å². The fraction of sp³-hybridized carbons (Fsp3) is 0.667. The summed E-state index contributed by atoms with van der Waals surface area (Å²) in [6.45, 7) is 10.2. The Hall–Kier alpha value is -0.930. The Morgan fingerprint density at radius 2 is 2.11 bits per heavy atom. The Labute approximate surface area is 111 Å². The van der Waals surface area contributed by atoms with Crippen molar-refractivity contribution in [3.63, 3.8) is 0 Å². The number of nitrogens with zero attached hydrogens (tertiary/aromatic N) is 1. The van der Waals surface area contributed by atoms with Gasteiger partial charge < -0.3 is 10.1 Å². The first kappa shape index (κ1) is 15.1. The zero-order valence-electron chi connectivity index (χ0n) is 12.1. The molecular formula is C15H26N2O. The van der Waals surface area contributed by atoms with Gasteiger partial charge in [0.05, 0.1) is 5.60 Å². The van der Waals surface area contributed by atoms with E-state index >= 15 is 0 Å². The molecule has 0 fully saturated rings. The second-order valence-electron chi connectivity index (χ2n) is 4.73. The Morgan fingerprint density at radius 1 is 1.33 bits per heavy atom. The lowest BCUT2D eigenvalue weighted by molar-refractivity contribution is -0.0548. The number of nitrogens with one attached hydrogen (secondary N) is 1. The van der Waals surface area contributed by atoms with Crippen LogP contribution in [0.15, 0.2) is 24.4 Å². The summed E-state index contributed by atoms with van der Waals surface area (Å²) < 4.78 is 5.98. The van der Waals surface area contributed by atoms with Crippen LogP contribution >= 0.6 is 0 Å². The molecule has 0 amide bonds. The van der Waals surface area contributed by atoms with Crippen molar-refractivity contribution in [2.45, 2.75) is 52.2 Å². The van der Waals surface area contributed by atoms with E-state index in [0.29, 0.717) is 6.04 Å². The highest BCUT2D eigenvalue weighted by Gasteiger charge is 2.32. The van der Waals surface area contributed by atoms with Crippen molar-refractivity contribution in [2.24, 2.45) is 0 Å². The van der Waals surface area contributed by atoms with E-state index in [4.69, 9.17) is 4.74 Å². The minimum Gasteiger partial charge on any atom is -0.374 e. The van der Waals surface area contributed by atoms with E-state index in [9.17, 15) is 0 Å². The van der Waals surface area contributed by atoms with Gasteiger partial charge in [-0.15, -0.1) is 0 Å². The summed E-state index contributed by atoms with van der Waals surface area (Å²) in [6.07, 6.45) is 3.74. The number of hydrogen-bond acceptors (Lipinski definition) is 3. The number of pyridine rings is 1. The van der Waals surface area contributed by atoms with E-state index in [-0.39, 0.29) is 5.60 Å². The van der Waals surface area contributed by atoms with Crippen molar-refractivity contribution in [1.82, 2.24) is 10.3 Å². The van der Waals surface area contributed by atoms with Crippen LogP contribution in [0.3, 0.4) is 0 Å². The van der Waals surface area contributed by atoms with E-state index < -0.39 is 0 Å². The Bertz CT molecular complexity index is 329. The molecule has 18 heavy (non-hydrogen) atoms. The minimum absolute atomic E-state index is 0.137. The van der Waals surface area contributed by atoms with Crippen LogP contribution in [0.5, 0.6) is 0 Å². The molecule has 0 spiro atoms. The third kappa shape index (κ3) is 4.07. The first-order valence-corrected chi connectivity index (χ1v) is 6.93. The zero-order valence-corrected chi connectivity index (χ0v) is 12.1. The predicted molar refractivity (Wildman–Crippen MR) is 75.7 cm³/mol. The van der Waals surface area contributed by atoms with Crippen LogP contribution in [-0.2, 0) is 11.2 Å². The van der Waals surface area contributed by atoms with Gasteiger partial charge in [-0.3, -0.25) is 4.98 Å². The number of rotatable bonds is 8. The molecule has 0 saturated heterocycles. The lowest BCUT2D eigenvalue weighted by Gasteiger charge is -2.37. The first-order chi connectivity index (χ1) is 8.66. The van der Waals surface area contributed by atoms with Gasteiger partial charge in [-0.25, -0.2) is 0 Å². The lowest BCUT2D eigenvalue weighted by Crippen LogP contribution is -2.51. The standard InChI is InChI=1S/C15H26N2O/c1-5-15(4,18-7-3)14(16-6-2)12-13-10-8-9-11-17-13/h8-11,14,16H,5-7,12H2,1-4H3. The minimum atomic E-state index is -0.137. The number of ether oxygens (including phenoxy) is 1. The summed E-state index contributed by atoms with van der Waals surface area (Å²) >= 11 is 0. The molecule has 0 radical (unpaired) electrons. The second-order valence-corrected chi connectivity index (χ2v) is 4.73. The fourth-order valence-corrected chi connectivity index (χ4v) is 2.26. The summed E-state index contributed by atoms with van der Waals surface area (Å²) in [4.78, 5) is 4.41. The van der Waals surface area contributed by atoms with Gasteiger partial charge in [0.25, 0.3) is 0 Å². The van der Waals surface area contributed by atoms with Crippen LogP contribution in [-0.4, -0.2) is 29.8 Å². The summed E-state index contributed by atoms with van der Waals surface area (Å²) in [5.41, 5.74) is 0.977. The highest BCUT2D eigenvalue weighted by atomic mass is 16.5. The summed E-state index contributed by atoms with van der Waals surface area (Å²) in [7, 11) is 0. The smallest absolute Gasteiger partial charge is 0.0807 e.